The minimum atomic E-state index is -0.437. The van der Waals surface area contributed by atoms with E-state index < -0.39 is 5.82 Å². The normalized spacial score (nSPS) is 11.1. The van der Waals surface area contributed by atoms with Crippen LogP contribution >= 0.6 is 15.9 Å². The largest absolute Gasteiger partial charge is 0.232 e. The van der Waals surface area contributed by atoms with E-state index in [-0.39, 0.29) is 11.4 Å². The molecule has 1 aromatic heterocycles. The van der Waals surface area contributed by atoms with Crippen molar-refractivity contribution in [2.75, 3.05) is 0 Å². The Balaban J connectivity index is 2.24. The number of rotatable bonds is 0. The van der Waals surface area contributed by atoms with Crippen LogP contribution in [0.5, 0.6) is 0 Å². The number of hydrogen-bond acceptors (Lipinski definition) is 4. The minimum Gasteiger partial charge on any atom is -0.232 e. The Hall–Kier alpha value is -2.83. The number of fused-ring (bicyclic) bond motifs is 3. The highest BCUT2D eigenvalue weighted by Crippen LogP contribution is 2.48. The second kappa shape index (κ2) is 4.33. The maximum atomic E-state index is 14.5. The van der Waals surface area contributed by atoms with Gasteiger partial charge in [0.25, 0.3) is 0 Å². The van der Waals surface area contributed by atoms with E-state index in [1.807, 2.05) is 30.3 Å². The van der Waals surface area contributed by atoms with Gasteiger partial charge in [0.2, 0.25) is 0 Å². The molecule has 0 N–H and O–H groups in total. The Bertz CT molecular complexity index is 1080. The molecule has 22 heavy (non-hydrogen) atoms. The summed E-state index contributed by atoms with van der Waals surface area (Å²) in [6.07, 6.45) is 0. The van der Waals surface area contributed by atoms with Crippen molar-refractivity contribution in [2.45, 2.75) is 0 Å². The molecule has 2 aromatic carbocycles. The fraction of sp³-hybridized carbons (Fsp3) is 0. The zero-order chi connectivity index (χ0) is 15.4. The molecule has 0 radical (unpaired) electrons. The maximum Gasteiger partial charge on any atom is 0.177 e. The van der Waals surface area contributed by atoms with Crippen molar-refractivity contribution >= 4 is 26.7 Å². The van der Waals surface area contributed by atoms with E-state index in [0.29, 0.717) is 26.8 Å². The van der Waals surface area contributed by atoms with E-state index in [1.54, 1.807) is 0 Å². The first kappa shape index (κ1) is 12.9. The Morgan fingerprint density at radius 1 is 1.05 bits per heavy atom. The summed E-state index contributed by atoms with van der Waals surface area (Å²) in [5.74, 6) is -0.437. The van der Waals surface area contributed by atoms with Gasteiger partial charge in [-0.15, -0.1) is 0 Å². The number of aromatic nitrogens is 2. The molecule has 1 heterocycles. The van der Waals surface area contributed by atoms with Crippen molar-refractivity contribution in [3.63, 3.8) is 0 Å². The van der Waals surface area contributed by atoms with Crippen molar-refractivity contribution in [3.05, 3.63) is 45.9 Å². The van der Waals surface area contributed by atoms with Gasteiger partial charge in [-0.1, -0.05) is 34.1 Å². The summed E-state index contributed by atoms with van der Waals surface area (Å²) in [6.45, 7) is 0. The predicted molar refractivity (Wildman–Crippen MR) is 81.1 cm³/mol. The molecule has 0 spiro atoms. The summed E-state index contributed by atoms with van der Waals surface area (Å²) in [5.41, 5.74) is 1.66. The summed E-state index contributed by atoms with van der Waals surface area (Å²) >= 11 is 3.36. The average molecular weight is 351 g/mol. The molecule has 0 aliphatic heterocycles. The Labute approximate surface area is 132 Å². The second-order valence-corrected chi connectivity index (χ2v) is 5.64. The van der Waals surface area contributed by atoms with Crippen LogP contribution in [0.3, 0.4) is 0 Å². The standard InChI is InChI=1S/C16H4BrFN4/c17-9-4-10(18)14-13-7(9)2-1-3-8(13)15-16(14)22-12(6-20)11(5-19)21-15/h1-4H. The van der Waals surface area contributed by atoms with Crippen molar-refractivity contribution in [1.29, 1.82) is 10.5 Å². The first-order valence-electron chi connectivity index (χ1n) is 6.29. The van der Waals surface area contributed by atoms with E-state index in [1.165, 1.54) is 6.07 Å². The molecule has 4 rings (SSSR count). The Morgan fingerprint density at radius 2 is 1.73 bits per heavy atom. The third-order valence-electron chi connectivity index (χ3n) is 3.66. The molecule has 6 heteroatoms. The third-order valence-corrected chi connectivity index (χ3v) is 4.32. The fourth-order valence-corrected chi connectivity index (χ4v) is 3.31. The second-order valence-electron chi connectivity index (χ2n) is 4.78. The van der Waals surface area contributed by atoms with E-state index in [2.05, 4.69) is 25.9 Å². The van der Waals surface area contributed by atoms with Gasteiger partial charge in [-0.25, -0.2) is 14.4 Å². The van der Waals surface area contributed by atoms with Crippen LogP contribution in [0.4, 0.5) is 4.39 Å². The van der Waals surface area contributed by atoms with Crippen LogP contribution in [0.1, 0.15) is 11.4 Å². The van der Waals surface area contributed by atoms with Gasteiger partial charge in [0.05, 0.1) is 5.69 Å². The Kier molecular flexibility index (Phi) is 2.53. The van der Waals surface area contributed by atoms with Crippen LogP contribution in [0, 0.1) is 28.5 Å². The lowest BCUT2D eigenvalue weighted by molar-refractivity contribution is 0.632. The number of benzene rings is 2. The summed E-state index contributed by atoms with van der Waals surface area (Å²) < 4.78 is 15.1. The maximum absolute atomic E-state index is 14.5. The monoisotopic (exact) mass is 350 g/mol. The smallest absolute Gasteiger partial charge is 0.177 e. The van der Waals surface area contributed by atoms with Crippen LogP contribution < -0.4 is 0 Å². The van der Waals surface area contributed by atoms with Crippen LogP contribution in [-0.4, -0.2) is 9.97 Å². The summed E-state index contributed by atoms with van der Waals surface area (Å²) in [5, 5.41) is 19.7. The van der Waals surface area contributed by atoms with E-state index in [0.717, 1.165) is 10.9 Å². The summed E-state index contributed by atoms with van der Waals surface area (Å²) in [6, 6.07) is 10.6. The van der Waals surface area contributed by atoms with Gasteiger partial charge in [0.15, 0.2) is 11.4 Å². The molecule has 1 aliphatic rings. The van der Waals surface area contributed by atoms with Crippen molar-refractivity contribution in [3.8, 4) is 34.7 Å². The van der Waals surface area contributed by atoms with Gasteiger partial charge >= 0.3 is 0 Å². The molecule has 0 unspecified atom stereocenters. The quantitative estimate of drug-likeness (QED) is 0.481. The lowest BCUT2D eigenvalue weighted by Gasteiger charge is -2.05. The highest BCUT2D eigenvalue weighted by atomic mass is 79.9. The van der Waals surface area contributed by atoms with Crippen molar-refractivity contribution in [1.82, 2.24) is 9.97 Å². The SMILES string of the molecule is N#Cc1nc2c(nc1C#N)-c1c(F)cc(Br)c3cccc-2c13. The molecular weight excluding hydrogens is 347 g/mol. The molecule has 1 aliphatic carbocycles. The number of nitriles is 2. The highest BCUT2D eigenvalue weighted by Gasteiger charge is 2.29. The molecule has 3 aromatic rings. The Morgan fingerprint density at radius 3 is 2.41 bits per heavy atom. The third kappa shape index (κ3) is 1.47. The van der Waals surface area contributed by atoms with Crippen molar-refractivity contribution in [2.24, 2.45) is 0 Å². The van der Waals surface area contributed by atoms with Gasteiger partial charge in [0, 0.05) is 21.0 Å². The molecule has 102 valence electrons. The topological polar surface area (TPSA) is 73.4 Å². The summed E-state index contributed by atoms with van der Waals surface area (Å²) in [4.78, 5) is 8.40. The number of hydrogen-bond donors (Lipinski definition) is 0. The van der Waals surface area contributed by atoms with Crippen LogP contribution in [-0.2, 0) is 0 Å². The number of halogens is 2. The molecular formula is C16H4BrFN4. The van der Waals surface area contributed by atoms with Gasteiger partial charge in [0.1, 0.15) is 23.6 Å². The van der Waals surface area contributed by atoms with Gasteiger partial charge < -0.3 is 0 Å². The zero-order valence-electron chi connectivity index (χ0n) is 10.9. The molecule has 0 saturated carbocycles. The average Bonchev–Trinajstić information content (AvgIpc) is 2.86. The predicted octanol–water partition coefficient (Wildman–Crippen LogP) is 3.92. The van der Waals surface area contributed by atoms with Gasteiger partial charge in [-0.2, -0.15) is 10.5 Å². The lowest BCUT2D eigenvalue weighted by atomic mass is 10.0. The summed E-state index contributed by atoms with van der Waals surface area (Å²) in [7, 11) is 0. The fourth-order valence-electron chi connectivity index (χ4n) is 2.78. The minimum absolute atomic E-state index is 0.0504. The lowest BCUT2D eigenvalue weighted by Crippen LogP contribution is -1.98. The van der Waals surface area contributed by atoms with E-state index in [4.69, 9.17) is 10.5 Å². The highest BCUT2D eigenvalue weighted by molar-refractivity contribution is 9.10. The number of nitrogens with zero attached hydrogens (tertiary/aromatic N) is 4. The van der Waals surface area contributed by atoms with E-state index >= 15 is 0 Å². The zero-order valence-corrected chi connectivity index (χ0v) is 12.4. The van der Waals surface area contributed by atoms with Crippen molar-refractivity contribution < 1.29 is 4.39 Å². The van der Waals surface area contributed by atoms with Crippen LogP contribution in [0.25, 0.3) is 33.3 Å². The first-order chi connectivity index (χ1) is 10.7. The van der Waals surface area contributed by atoms with Crippen LogP contribution in [0.2, 0.25) is 0 Å². The molecule has 0 bridgehead atoms. The van der Waals surface area contributed by atoms with E-state index in [9.17, 15) is 4.39 Å². The molecule has 0 amide bonds. The van der Waals surface area contributed by atoms with Gasteiger partial charge in [-0.3, -0.25) is 0 Å². The molecule has 0 atom stereocenters. The van der Waals surface area contributed by atoms with Crippen LogP contribution in [0.15, 0.2) is 28.7 Å². The molecule has 4 nitrogen and oxygen atoms in total. The molecule has 0 saturated heterocycles. The molecule has 0 fully saturated rings. The van der Waals surface area contributed by atoms with Gasteiger partial charge in [-0.05, 0) is 11.5 Å². The first-order valence-corrected chi connectivity index (χ1v) is 7.08.